The van der Waals surface area contributed by atoms with Crippen molar-refractivity contribution in [3.63, 3.8) is 0 Å². The number of nitrogens with one attached hydrogen (secondary N) is 1. The molecule has 0 radical (unpaired) electrons. The SMILES string of the molecule is CCCn1c(N)c(C(=O)CSc2nnnn2C(C)C)c(=O)[nH]c1=O. The number of nitrogens with zero attached hydrogens (tertiary/aromatic N) is 5. The first-order valence-corrected chi connectivity index (χ1v) is 8.41. The standard InChI is InChI=1S/C13H19N7O3S/c1-4-5-19-10(14)9(11(22)15-12(19)23)8(21)6-24-13-16-17-18-20(13)7(2)3/h7H,4-6,14H2,1-3H3,(H,15,22,23). The number of thioether (sulfide) groups is 1. The number of anilines is 1. The van der Waals surface area contributed by atoms with Gasteiger partial charge in [-0.15, -0.1) is 5.10 Å². The highest BCUT2D eigenvalue weighted by molar-refractivity contribution is 7.99. The Bertz CT molecular complexity index is 852. The van der Waals surface area contributed by atoms with Crippen molar-refractivity contribution < 1.29 is 4.79 Å². The third-order valence-corrected chi connectivity index (χ3v) is 4.18. The molecule has 0 atom stereocenters. The van der Waals surface area contributed by atoms with E-state index in [0.29, 0.717) is 18.1 Å². The van der Waals surface area contributed by atoms with Gasteiger partial charge in [0, 0.05) is 6.54 Å². The first-order valence-electron chi connectivity index (χ1n) is 7.43. The number of H-pyrrole nitrogens is 1. The zero-order chi connectivity index (χ0) is 17.9. The number of Topliss-reactive ketones (excluding diaryl/α,β-unsaturated/α-hetero) is 1. The van der Waals surface area contributed by atoms with Crippen molar-refractivity contribution in [3.8, 4) is 0 Å². The zero-order valence-electron chi connectivity index (χ0n) is 13.6. The van der Waals surface area contributed by atoms with Gasteiger partial charge in [0.2, 0.25) is 5.16 Å². The van der Waals surface area contributed by atoms with Gasteiger partial charge < -0.3 is 5.73 Å². The van der Waals surface area contributed by atoms with Crippen molar-refractivity contribution in [3.05, 3.63) is 26.4 Å². The number of aromatic nitrogens is 6. The molecule has 0 saturated heterocycles. The van der Waals surface area contributed by atoms with Crippen molar-refractivity contribution in [1.29, 1.82) is 0 Å². The van der Waals surface area contributed by atoms with Crippen molar-refractivity contribution in [1.82, 2.24) is 29.8 Å². The van der Waals surface area contributed by atoms with Crippen molar-refractivity contribution in [2.75, 3.05) is 11.5 Å². The normalized spacial score (nSPS) is 11.2. The molecule has 11 heteroatoms. The van der Waals surface area contributed by atoms with Crippen molar-refractivity contribution in [2.45, 2.75) is 44.9 Å². The molecule has 3 N–H and O–H groups in total. The molecule has 0 bridgehead atoms. The molecule has 0 aromatic carbocycles. The maximum absolute atomic E-state index is 12.4. The van der Waals surface area contributed by atoms with Gasteiger partial charge in [-0.1, -0.05) is 18.7 Å². The monoisotopic (exact) mass is 353 g/mol. The number of aromatic amines is 1. The van der Waals surface area contributed by atoms with Crippen molar-refractivity contribution >= 4 is 23.4 Å². The van der Waals surface area contributed by atoms with Gasteiger partial charge >= 0.3 is 5.69 Å². The highest BCUT2D eigenvalue weighted by atomic mass is 32.2. The van der Waals surface area contributed by atoms with E-state index in [1.54, 1.807) is 4.68 Å². The van der Waals surface area contributed by atoms with Crippen molar-refractivity contribution in [2.24, 2.45) is 0 Å². The van der Waals surface area contributed by atoms with Crippen LogP contribution in [-0.4, -0.2) is 41.3 Å². The number of carbonyl (C=O) groups excluding carboxylic acids is 1. The quantitative estimate of drug-likeness (QED) is 0.526. The highest BCUT2D eigenvalue weighted by Gasteiger charge is 2.20. The molecule has 2 heterocycles. The largest absolute Gasteiger partial charge is 0.384 e. The molecule has 0 aliphatic rings. The van der Waals surface area contributed by atoms with E-state index in [1.165, 1.54) is 4.57 Å². The molecule has 130 valence electrons. The van der Waals surface area contributed by atoms with E-state index in [2.05, 4.69) is 20.5 Å². The summed E-state index contributed by atoms with van der Waals surface area (Å²) in [5.74, 6) is -0.661. The molecule has 10 nitrogen and oxygen atoms in total. The van der Waals surface area contributed by atoms with Crippen LogP contribution in [-0.2, 0) is 6.54 Å². The van der Waals surface area contributed by atoms with Crippen LogP contribution in [0.2, 0.25) is 0 Å². The van der Waals surface area contributed by atoms with Crippen LogP contribution < -0.4 is 17.0 Å². The maximum Gasteiger partial charge on any atom is 0.329 e. The summed E-state index contributed by atoms with van der Waals surface area (Å²) in [4.78, 5) is 38.3. The number of nitrogen functional groups attached to an aromatic ring is 1. The molecule has 0 fully saturated rings. The van der Waals surface area contributed by atoms with E-state index in [1.807, 2.05) is 20.8 Å². The van der Waals surface area contributed by atoms with E-state index in [-0.39, 0.29) is 23.2 Å². The number of carbonyl (C=O) groups is 1. The molecule has 0 aliphatic carbocycles. The molecular formula is C13H19N7O3S. The third-order valence-electron chi connectivity index (χ3n) is 3.25. The number of nitrogens with two attached hydrogens (primary N) is 1. The molecule has 2 aromatic heterocycles. The van der Waals surface area contributed by atoms with Crippen LogP contribution in [0.5, 0.6) is 0 Å². The van der Waals surface area contributed by atoms with Gasteiger partial charge in [-0.25, -0.2) is 9.48 Å². The number of hydrogen-bond donors (Lipinski definition) is 2. The van der Waals surface area contributed by atoms with Gasteiger partial charge in [0.15, 0.2) is 5.78 Å². The summed E-state index contributed by atoms with van der Waals surface area (Å²) in [6.45, 7) is 6.00. The Morgan fingerprint density at radius 1 is 1.38 bits per heavy atom. The number of rotatable bonds is 7. The van der Waals surface area contributed by atoms with E-state index in [4.69, 9.17) is 5.73 Å². The lowest BCUT2D eigenvalue weighted by Crippen LogP contribution is -2.36. The Morgan fingerprint density at radius 3 is 2.71 bits per heavy atom. The van der Waals surface area contributed by atoms with Gasteiger partial charge in [-0.05, 0) is 30.7 Å². The molecule has 0 aliphatic heterocycles. The first-order chi connectivity index (χ1) is 11.4. The average Bonchev–Trinajstić information content (AvgIpc) is 2.98. The summed E-state index contributed by atoms with van der Waals surface area (Å²) in [6, 6.07) is 0.0394. The predicted molar refractivity (Wildman–Crippen MR) is 89.3 cm³/mol. The Hall–Kier alpha value is -2.43. The smallest absolute Gasteiger partial charge is 0.329 e. The van der Waals surface area contributed by atoms with Gasteiger partial charge in [-0.3, -0.25) is 19.1 Å². The highest BCUT2D eigenvalue weighted by Crippen LogP contribution is 2.19. The summed E-state index contributed by atoms with van der Waals surface area (Å²) in [7, 11) is 0. The van der Waals surface area contributed by atoms with Gasteiger partial charge in [0.25, 0.3) is 5.56 Å². The lowest BCUT2D eigenvalue weighted by Gasteiger charge is -2.11. The lowest BCUT2D eigenvalue weighted by molar-refractivity contribution is 0.102. The summed E-state index contributed by atoms with van der Waals surface area (Å²) < 4.78 is 2.76. The lowest BCUT2D eigenvalue weighted by atomic mass is 10.2. The Balaban J connectivity index is 2.27. The minimum absolute atomic E-state index is 0.0394. The van der Waals surface area contributed by atoms with Crippen LogP contribution in [0.4, 0.5) is 5.82 Å². The summed E-state index contributed by atoms with van der Waals surface area (Å²) >= 11 is 1.11. The first kappa shape index (κ1) is 17.9. The molecule has 2 rings (SSSR count). The van der Waals surface area contributed by atoms with E-state index < -0.39 is 17.0 Å². The second kappa shape index (κ2) is 7.43. The number of tetrazole rings is 1. The average molecular weight is 353 g/mol. The zero-order valence-corrected chi connectivity index (χ0v) is 14.5. The third kappa shape index (κ3) is 3.55. The number of ketones is 1. The van der Waals surface area contributed by atoms with Crippen LogP contribution in [0.25, 0.3) is 0 Å². The molecular weight excluding hydrogens is 334 g/mol. The predicted octanol–water partition coefficient (Wildman–Crippen LogP) is 0.0712. The summed E-state index contributed by atoms with van der Waals surface area (Å²) in [5, 5.41) is 11.7. The second-order valence-corrected chi connectivity index (χ2v) is 6.33. The molecule has 0 unspecified atom stereocenters. The van der Waals surface area contributed by atoms with Crippen LogP contribution in [0, 0.1) is 0 Å². The molecule has 2 aromatic rings. The van der Waals surface area contributed by atoms with Crippen LogP contribution in [0.15, 0.2) is 14.7 Å². The van der Waals surface area contributed by atoms with Gasteiger partial charge in [0.05, 0.1) is 11.8 Å². The summed E-state index contributed by atoms with van der Waals surface area (Å²) in [6.07, 6.45) is 0.641. The minimum atomic E-state index is -0.779. The molecule has 0 amide bonds. The molecule has 0 spiro atoms. The Labute approximate surface area is 141 Å². The van der Waals surface area contributed by atoms with E-state index in [0.717, 1.165) is 11.8 Å². The Morgan fingerprint density at radius 2 is 2.08 bits per heavy atom. The second-order valence-electron chi connectivity index (χ2n) is 5.38. The molecule has 0 saturated carbocycles. The molecule has 24 heavy (non-hydrogen) atoms. The Kier molecular flexibility index (Phi) is 5.54. The van der Waals surface area contributed by atoms with E-state index in [9.17, 15) is 14.4 Å². The summed E-state index contributed by atoms with van der Waals surface area (Å²) in [5.41, 5.74) is 4.26. The van der Waals surface area contributed by atoms with E-state index >= 15 is 0 Å². The minimum Gasteiger partial charge on any atom is -0.384 e. The topological polar surface area (TPSA) is 142 Å². The van der Waals surface area contributed by atoms with Gasteiger partial charge in [0.1, 0.15) is 11.4 Å². The van der Waals surface area contributed by atoms with Crippen LogP contribution >= 0.6 is 11.8 Å². The van der Waals surface area contributed by atoms with Crippen LogP contribution in [0.1, 0.15) is 43.6 Å². The number of hydrogen-bond acceptors (Lipinski definition) is 8. The fourth-order valence-electron chi connectivity index (χ4n) is 2.11. The fraction of sp³-hybridized carbons (Fsp3) is 0.538. The van der Waals surface area contributed by atoms with Crippen LogP contribution in [0.3, 0.4) is 0 Å². The fourth-order valence-corrected chi connectivity index (χ4v) is 2.99. The van der Waals surface area contributed by atoms with Gasteiger partial charge in [-0.2, -0.15) is 0 Å². The maximum atomic E-state index is 12.4.